The fourth-order valence-corrected chi connectivity index (χ4v) is 3.27. The quantitative estimate of drug-likeness (QED) is 0.942. The predicted molar refractivity (Wildman–Crippen MR) is 74.0 cm³/mol. The first kappa shape index (κ1) is 13.1. The first-order valence-corrected chi connectivity index (χ1v) is 7.22. The molecule has 1 aliphatic rings. The molecule has 1 fully saturated rings. The van der Waals surface area contributed by atoms with Crippen LogP contribution in [0.3, 0.4) is 0 Å². The number of hydrogen-bond acceptors (Lipinski definition) is 4. The minimum atomic E-state index is -0.368. The number of aromatic nitrogens is 3. The number of halogens is 1. The molecule has 1 aromatic heterocycles. The first-order valence-electron chi connectivity index (χ1n) is 6.34. The number of nitrogens with one attached hydrogen (secondary N) is 1. The summed E-state index contributed by atoms with van der Waals surface area (Å²) in [4.78, 5) is 14.0. The van der Waals surface area contributed by atoms with Crippen molar-refractivity contribution >= 4 is 23.4 Å². The fraction of sp³-hybridized carbons (Fsp3) is 0.308. The van der Waals surface area contributed by atoms with Gasteiger partial charge in [0, 0.05) is 6.54 Å². The number of para-hydroxylation sites is 1. The molecule has 1 saturated heterocycles. The van der Waals surface area contributed by atoms with Crippen LogP contribution >= 0.6 is 11.8 Å². The number of H-pyrrole nitrogens is 1. The molecule has 3 rings (SSSR count). The van der Waals surface area contributed by atoms with Gasteiger partial charge in [-0.15, -0.1) is 5.10 Å². The van der Waals surface area contributed by atoms with Gasteiger partial charge in [-0.25, -0.2) is 4.39 Å². The average molecular weight is 292 g/mol. The van der Waals surface area contributed by atoms with Gasteiger partial charge >= 0.3 is 0 Å². The zero-order valence-electron chi connectivity index (χ0n) is 10.6. The maximum absolute atomic E-state index is 13.8. The molecule has 0 radical (unpaired) electrons. The van der Waals surface area contributed by atoms with E-state index in [1.54, 1.807) is 24.4 Å². The molecule has 5 nitrogen and oxygen atoms in total. The molecule has 7 heteroatoms. The number of carbonyl (C=O) groups is 1. The first-order chi connectivity index (χ1) is 9.75. The van der Waals surface area contributed by atoms with Crippen LogP contribution in [0.5, 0.6) is 0 Å². The third kappa shape index (κ3) is 2.53. The third-order valence-electron chi connectivity index (χ3n) is 3.19. The highest BCUT2D eigenvalue weighted by molar-refractivity contribution is 8.00. The summed E-state index contributed by atoms with van der Waals surface area (Å²) < 4.78 is 13.8. The number of thioether (sulfide) groups is 1. The summed E-state index contributed by atoms with van der Waals surface area (Å²) in [6.07, 6.45) is 3.19. The smallest absolute Gasteiger partial charge is 0.240 e. The van der Waals surface area contributed by atoms with E-state index in [-0.39, 0.29) is 17.0 Å². The van der Waals surface area contributed by atoms with Crippen LogP contribution in [0.4, 0.5) is 10.1 Å². The molecule has 20 heavy (non-hydrogen) atoms. The summed E-state index contributed by atoms with van der Waals surface area (Å²) >= 11 is 1.37. The van der Waals surface area contributed by atoms with E-state index in [1.165, 1.54) is 22.7 Å². The van der Waals surface area contributed by atoms with Crippen molar-refractivity contribution in [1.29, 1.82) is 0 Å². The van der Waals surface area contributed by atoms with E-state index >= 15 is 0 Å². The molecular formula is C13H13FN4OS. The van der Waals surface area contributed by atoms with Crippen molar-refractivity contribution in [2.24, 2.45) is 0 Å². The van der Waals surface area contributed by atoms with Crippen molar-refractivity contribution in [2.45, 2.75) is 23.1 Å². The topological polar surface area (TPSA) is 61.9 Å². The lowest BCUT2D eigenvalue weighted by Crippen LogP contribution is -2.43. The monoisotopic (exact) mass is 292 g/mol. The second-order valence-electron chi connectivity index (χ2n) is 4.50. The summed E-state index contributed by atoms with van der Waals surface area (Å²) in [7, 11) is 0. The van der Waals surface area contributed by atoms with Crippen LogP contribution in [0.15, 0.2) is 35.5 Å². The number of carbonyl (C=O) groups excluding carboxylic acids is 1. The van der Waals surface area contributed by atoms with Crippen LogP contribution in [-0.2, 0) is 4.79 Å². The van der Waals surface area contributed by atoms with E-state index in [1.807, 2.05) is 0 Å². The summed E-state index contributed by atoms with van der Waals surface area (Å²) in [5, 5.41) is 10.6. The number of anilines is 1. The molecule has 1 amide bonds. The predicted octanol–water partition coefficient (Wildman–Crippen LogP) is 2.23. The molecule has 0 bridgehead atoms. The Balaban J connectivity index is 1.80. The highest BCUT2D eigenvalue weighted by Gasteiger charge is 2.32. The number of benzene rings is 1. The highest BCUT2D eigenvalue weighted by Crippen LogP contribution is 2.31. The Hall–Kier alpha value is -1.89. The Bertz CT molecular complexity index is 604. The van der Waals surface area contributed by atoms with E-state index in [4.69, 9.17) is 0 Å². The normalized spacial score (nSPS) is 19.4. The maximum Gasteiger partial charge on any atom is 0.240 e. The van der Waals surface area contributed by atoms with Crippen molar-refractivity contribution in [3.8, 4) is 0 Å². The number of amides is 1. The molecule has 2 aromatic rings. The Morgan fingerprint density at radius 1 is 1.40 bits per heavy atom. The molecule has 1 atom stereocenters. The Kier molecular flexibility index (Phi) is 3.68. The van der Waals surface area contributed by atoms with Crippen molar-refractivity contribution in [1.82, 2.24) is 15.4 Å². The zero-order chi connectivity index (χ0) is 13.9. The molecule has 0 unspecified atom stereocenters. The van der Waals surface area contributed by atoms with E-state index < -0.39 is 0 Å². The van der Waals surface area contributed by atoms with Crippen molar-refractivity contribution < 1.29 is 9.18 Å². The Labute approximate surface area is 119 Å². The van der Waals surface area contributed by atoms with E-state index in [9.17, 15) is 9.18 Å². The fourth-order valence-electron chi connectivity index (χ4n) is 2.26. The van der Waals surface area contributed by atoms with Crippen LogP contribution in [0.2, 0.25) is 0 Å². The number of rotatable bonds is 3. The minimum absolute atomic E-state index is 0.0747. The molecule has 1 aliphatic heterocycles. The summed E-state index contributed by atoms with van der Waals surface area (Å²) in [5.74, 6) is -0.442. The highest BCUT2D eigenvalue weighted by atomic mass is 32.2. The van der Waals surface area contributed by atoms with Crippen molar-refractivity contribution in [3.63, 3.8) is 0 Å². The maximum atomic E-state index is 13.8. The van der Waals surface area contributed by atoms with Gasteiger partial charge in [-0.3, -0.25) is 4.79 Å². The molecule has 0 spiro atoms. The number of nitrogens with zero attached hydrogens (tertiary/aromatic N) is 3. The average Bonchev–Trinajstić information content (AvgIpc) is 2.95. The lowest BCUT2D eigenvalue weighted by atomic mass is 10.1. The summed E-state index contributed by atoms with van der Waals surface area (Å²) in [5.41, 5.74) is 0.350. The summed E-state index contributed by atoms with van der Waals surface area (Å²) in [6, 6.07) is 6.36. The second kappa shape index (κ2) is 5.62. The van der Waals surface area contributed by atoms with Crippen LogP contribution < -0.4 is 4.90 Å². The van der Waals surface area contributed by atoms with Gasteiger partial charge in [-0.1, -0.05) is 23.9 Å². The SMILES string of the molecule is O=C1[C@@H](Sc2cn[nH]n2)CCCN1c1ccccc1F. The van der Waals surface area contributed by atoms with Crippen LogP contribution in [0.1, 0.15) is 12.8 Å². The molecule has 1 aromatic carbocycles. The van der Waals surface area contributed by atoms with Crippen LogP contribution in [-0.4, -0.2) is 33.1 Å². The van der Waals surface area contributed by atoms with Gasteiger partial charge in [0.25, 0.3) is 0 Å². The molecule has 1 N–H and O–H groups in total. The van der Waals surface area contributed by atoms with Gasteiger partial charge in [0.05, 0.1) is 17.1 Å². The molecule has 2 heterocycles. The van der Waals surface area contributed by atoms with Gasteiger partial charge in [0.15, 0.2) is 0 Å². The molecule has 0 aliphatic carbocycles. The van der Waals surface area contributed by atoms with Crippen molar-refractivity contribution in [3.05, 3.63) is 36.3 Å². The van der Waals surface area contributed by atoms with Gasteiger partial charge in [-0.05, 0) is 25.0 Å². The minimum Gasteiger partial charge on any atom is -0.309 e. The lowest BCUT2D eigenvalue weighted by molar-refractivity contribution is -0.119. The Morgan fingerprint density at radius 3 is 3.00 bits per heavy atom. The molecular weight excluding hydrogens is 279 g/mol. The molecule has 104 valence electrons. The van der Waals surface area contributed by atoms with E-state index in [0.717, 1.165) is 12.8 Å². The lowest BCUT2D eigenvalue weighted by Gasteiger charge is -2.31. The summed E-state index contributed by atoms with van der Waals surface area (Å²) in [6.45, 7) is 0.551. The van der Waals surface area contributed by atoms with E-state index in [0.29, 0.717) is 17.3 Å². The van der Waals surface area contributed by atoms with Gasteiger partial charge in [-0.2, -0.15) is 10.3 Å². The third-order valence-corrected chi connectivity index (χ3v) is 4.35. The van der Waals surface area contributed by atoms with Gasteiger partial charge < -0.3 is 4.90 Å². The van der Waals surface area contributed by atoms with Gasteiger partial charge in [0.1, 0.15) is 10.8 Å². The number of hydrogen-bond donors (Lipinski definition) is 1. The zero-order valence-corrected chi connectivity index (χ0v) is 11.4. The number of piperidine rings is 1. The second-order valence-corrected chi connectivity index (χ2v) is 5.72. The van der Waals surface area contributed by atoms with Crippen LogP contribution in [0.25, 0.3) is 0 Å². The molecule has 0 saturated carbocycles. The van der Waals surface area contributed by atoms with Crippen molar-refractivity contribution in [2.75, 3.05) is 11.4 Å². The Morgan fingerprint density at radius 2 is 2.25 bits per heavy atom. The van der Waals surface area contributed by atoms with Crippen LogP contribution in [0, 0.1) is 5.82 Å². The van der Waals surface area contributed by atoms with E-state index in [2.05, 4.69) is 15.4 Å². The number of aromatic amines is 1. The largest absolute Gasteiger partial charge is 0.309 e. The van der Waals surface area contributed by atoms with Gasteiger partial charge in [0.2, 0.25) is 5.91 Å². The standard InChI is InChI=1S/C13H13FN4OS/c14-9-4-1-2-5-10(9)18-7-3-6-11(13(18)19)20-12-8-15-17-16-12/h1-2,4-5,8,11H,3,6-7H2,(H,15,16,17)/t11-/m0/s1.